The molecule has 0 bridgehead atoms. The zero-order chi connectivity index (χ0) is 14.5. The van der Waals surface area contributed by atoms with E-state index in [2.05, 4.69) is 22.4 Å². The zero-order valence-corrected chi connectivity index (χ0v) is 13.1. The van der Waals surface area contributed by atoms with E-state index in [-0.39, 0.29) is 11.9 Å². The molecule has 2 unspecified atom stereocenters. The van der Waals surface area contributed by atoms with E-state index in [9.17, 15) is 4.79 Å². The molecule has 7 heteroatoms. The lowest BCUT2D eigenvalue weighted by Crippen LogP contribution is -2.31. The fourth-order valence-electron chi connectivity index (χ4n) is 2.11. The van der Waals surface area contributed by atoms with Crippen LogP contribution in [0.25, 0.3) is 0 Å². The number of amides is 1. The van der Waals surface area contributed by atoms with Crippen molar-refractivity contribution in [2.75, 3.05) is 18.7 Å². The van der Waals surface area contributed by atoms with E-state index in [0.717, 1.165) is 18.6 Å². The molecule has 6 nitrogen and oxygen atoms in total. The average Bonchev–Trinajstić information content (AvgIpc) is 3.06. The number of thioether (sulfide) groups is 1. The number of rotatable bonds is 6. The lowest BCUT2D eigenvalue weighted by atomic mass is 10.2. The molecule has 0 spiro atoms. The summed E-state index contributed by atoms with van der Waals surface area (Å²) in [5.41, 5.74) is 0. The van der Waals surface area contributed by atoms with Gasteiger partial charge in [-0.3, -0.25) is 4.79 Å². The molecule has 0 aliphatic carbocycles. The van der Waals surface area contributed by atoms with Gasteiger partial charge in [0.05, 0.1) is 5.88 Å². The number of carbonyl (C=O) groups excluding carboxylic acids is 1. The maximum absolute atomic E-state index is 12.1. The van der Waals surface area contributed by atoms with Crippen molar-refractivity contribution in [2.24, 2.45) is 0 Å². The van der Waals surface area contributed by atoms with Gasteiger partial charge in [-0.25, -0.2) is 0 Å². The van der Waals surface area contributed by atoms with Crippen LogP contribution in [-0.2, 0) is 11.2 Å². The van der Waals surface area contributed by atoms with Crippen molar-refractivity contribution in [2.45, 2.75) is 45.2 Å². The molecule has 2 atom stereocenters. The normalized spacial score (nSPS) is 20.4. The Morgan fingerprint density at radius 2 is 2.45 bits per heavy atom. The van der Waals surface area contributed by atoms with E-state index in [0.29, 0.717) is 30.1 Å². The average molecular weight is 298 g/mol. The van der Waals surface area contributed by atoms with Crippen LogP contribution in [0.15, 0.2) is 4.52 Å². The third-order valence-electron chi connectivity index (χ3n) is 3.42. The number of nitrogens with one attached hydrogen (secondary N) is 1. The summed E-state index contributed by atoms with van der Waals surface area (Å²) in [5, 5.41) is 7.16. The van der Waals surface area contributed by atoms with Crippen molar-refractivity contribution in [1.82, 2.24) is 20.4 Å². The molecular formula is C13H22N4O2S. The Kier molecular flexibility index (Phi) is 5.42. The molecule has 1 aliphatic rings. The number of aromatic nitrogens is 2. The molecule has 1 aliphatic heterocycles. The minimum Gasteiger partial charge on any atom is -0.337 e. The Morgan fingerprint density at radius 3 is 3.15 bits per heavy atom. The van der Waals surface area contributed by atoms with E-state index in [1.807, 2.05) is 18.9 Å². The van der Waals surface area contributed by atoms with E-state index >= 15 is 0 Å². The molecule has 1 aromatic rings. The Labute approximate surface area is 123 Å². The molecular weight excluding hydrogens is 276 g/mol. The largest absolute Gasteiger partial charge is 0.337 e. The summed E-state index contributed by atoms with van der Waals surface area (Å²) in [5.74, 6) is 2.98. The van der Waals surface area contributed by atoms with Gasteiger partial charge in [-0.1, -0.05) is 12.1 Å². The predicted octanol–water partition coefficient (Wildman–Crippen LogP) is 1.59. The third kappa shape index (κ3) is 3.52. The fraction of sp³-hybridized carbons (Fsp3) is 0.769. The van der Waals surface area contributed by atoms with Crippen LogP contribution in [0.1, 0.15) is 44.4 Å². The van der Waals surface area contributed by atoms with Crippen LogP contribution in [0.3, 0.4) is 0 Å². The van der Waals surface area contributed by atoms with Crippen LogP contribution < -0.4 is 5.32 Å². The summed E-state index contributed by atoms with van der Waals surface area (Å²) in [7, 11) is 1.91. The highest BCUT2D eigenvalue weighted by Crippen LogP contribution is 2.32. The minimum atomic E-state index is -0.0646. The lowest BCUT2D eigenvalue weighted by Gasteiger charge is -2.20. The van der Waals surface area contributed by atoms with Gasteiger partial charge >= 0.3 is 0 Å². The number of likely N-dealkylation sites (N-methyl/N-ethyl adjacent to an activating group) is 1. The first-order valence-corrected chi connectivity index (χ1v) is 8.18. The van der Waals surface area contributed by atoms with Crippen molar-refractivity contribution >= 4 is 17.7 Å². The number of hydrogen-bond acceptors (Lipinski definition) is 6. The predicted molar refractivity (Wildman–Crippen MR) is 78.3 cm³/mol. The minimum absolute atomic E-state index is 0.0646. The van der Waals surface area contributed by atoms with Gasteiger partial charge in [0.1, 0.15) is 6.04 Å². The summed E-state index contributed by atoms with van der Waals surface area (Å²) in [6.45, 7) is 4.08. The lowest BCUT2D eigenvalue weighted by molar-refractivity contribution is -0.132. The summed E-state index contributed by atoms with van der Waals surface area (Å²) in [4.78, 5) is 18.4. The van der Waals surface area contributed by atoms with Gasteiger partial charge in [0.25, 0.3) is 0 Å². The van der Waals surface area contributed by atoms with Gasteiger partial charge in [-0.15, -0.1) is 11.8 Å². The van der Waals surface area contributed by atoms with Gasteiger partial charge in [0.2, 0.25) is 11.8 Å². The number of hydrogen-bond donors (Lipinski definition) is 1. The quantitative estimate of drug-likeness (QED) is 0.860. The SMILES string of the molecule is CCCC(=O)N1CSCC1c1nc(CC(C)NC)no1. The van der Waals surface area contributed by atoms with Crippen LogP contribution in [0.2, 0.25) is 0 Å². The molecule has 1 amide bonds. The van der Waals surface area contributed by atoms with Gasteiger partial charge in [-0.05, 0) is 20.4 Å². The van der Waals surface area contributed by atoms with Crippen molar-refractivity contribution < 1.29 is 9.32 Å². The summed E-state index contributed by atoms with van der Waals surface area (Å²) < 4.78 is 5.36. The first kappa shape index (κ1) is 15.3. The standard InChI is InChI=1S/C13H22N4O2S/c1-4-5-12(18)17-8-20-7-10(17)13-15-11(16-19-13)6-9(2)14-3/h9-10,14H,4-8H2,1-3H3. The number of nitrogens with zero attached hydrogens (tertiary/aromatic N) is 3. The maximum atomic E-state index is 12.1. The van der Waals surface area contributed by atoms with Crippen molar-refractivity contribution in [3.05, 3.63) is 11.7 Å². The fourth-order valence-corrected chi connectivity index (χ4v) is 3.28. The Morgan fingerprint density at radius 1 is 1.65 bits per heavy atom. The second-order valence-corrected chi connectivity index (χ2v) is 6.07. The highest BCUT2D eigenvalue weighted by atomic mass is 32.2. The highest BCUT2D eigenvalue weighted by Gasteiger charge is 2.34. The molecule has 1 aromatic heterocycles. The molecule has 0 saturated carbocycles. The molecule has 1 saturated heterocycles. The first-order chi connectivity index (χ1) is 9.65. The topological polar surface area (TPSA) is 71.3 Å². The molecule has 2 heterocycles. The van der Waals surface area contributed by atoms with E-state index in [1.165, 1.54) is 0 Å². The molecule has 1 N–H and O–H groups in total. The smallest absolute Gasteiger partial charge is 0.250 e. The summed E-state index contributed by atoms with van der Waals surface area (Å²) >= 11 is 1.73. The van der Waals surface area contributed by atoms with E-state index in [1.54, 1.807) is 11.8 Å². The van der Waals surface area contributed by atoms with Crippen molar-refractivity contribution in [1.29, 1.82) is 0 Å². The molecule has 0 aromatic carbocycles. The summed E-state index contributed by atoms with van der Waals surface area (Å²) in [6, 6.07) is 0.237. The highest BCUT2D eigenvalue weighted by molar-refractivity contribution is 7.99. The van der Waals surface area contributed by atoms with Gasteiger partial charge < -0.3 is 14.7 Å². The Balaban J connectivity index is 2.04. The Bertz CT molecular complexity index is 451. The van der Waals surface area contributed by atoms with E-state index < -0.39 is 0 Å². The molecule has 112 valence electrons. The second kappa shape index (κ2) is 7.08. The Hall–Kier alpha value is -1.08. The van der Waals surface area contributed by atoms with Crippen LogP contribution in [0.4, 0.5) is 0 Å². The third-order valence-corrected chi connectivity index (χ3v) is 4.43. The van der Waals surface area contributed by atoms with Crippen LogP contribution in [-0.4, -0.2) is 45.7 Å². The second-order valence-electron chi connectivity index (χ2n) is 5.07. The van der Waals surface area contributed by atoms with Crippen LogP contribution in [0, 0.1) is 0 Å². The summed E-state index contributed by atoms with van der Waals surface area (Å²) in [6.07, 6.45) is 2.17. The van der Waals surface area contributed by atoms with E-state index in [4.69, 9.17) is 4.52 Å². The first-order valence-electron chi connectivity index (χ1n) is 7.02. The van der Waals surface area contributed by atoms with Crippen molar-refractivity contribution in [3.63, 3.8) is 0 Å². The van der Waals surface area contributed by atoms with Gasteiger partial charge in [0.15, 0.2) is 5.82 Å². The molecule has 2 rings (SSSR count). The molecule has 0 radical (unpaired) electrons. The maximum Gasteiger partial charge on any atom is 0.250 e. The van der Waals surface area contributed by atoms with Gasteiger partial charge in [0, 0.05) is 24.6 Å². The van der Waals surface area contributed by atoms with Crippen LogP contribution in [0.5, 0.6) is 0 Å². The van der Waals surface area contributed by atoms with Crippen molar-refractivity contribution in [3.8, 4) is 0 Å². The monoisotopic (exact) mass is 298 g/mol. The van der Waals surface area contributed by atoms with Gasteiger partial charge in [-0.2, -0.15) is 4.98 Å². The molecule has 20 heavy (non-hydrogen) atoms. The van der Waals surface area contributed by atoms with Crippen LogP contribution >= 0.6 is 11.8 Å². The zero-order valence-electron chi connectivity index (χ0n) is 12.3. The number of carbonyl (C=O) groups is 1. The molecule has 1 fully saturated rings.